The summed E-state index contributed by atoms with van der Waals surface area (Å²) in [5, 5.41) is 10.0. The van der Waals surface area contributed by atoms with Crippen molar-refractivity contribution in [2.75, 3.05) is 13.2 Å². The van der Waals surface area contributed by atoms with E-state index >= 15 is 0 Å². The van der Waals surface area contributed by atoms with E-state index in [1.807, 2.05) is 0 Å². The molecule has 0 spiro atoms. The van der Waals surface area contributed by atoms with E-state index in [4.69, 9.17) is 47.4 Å². The Morgan fingerprint density at radius 1 is 0.477 bits per heavy atom. The summed E-state index contributed by atoms with van der Waals surface area (Å²) in [5.74, 6) is -6.11. The van der Waals surface area contributed by atoms with Gasteiger partial charge in [0.25, 0.3) is 0 Å². The van der Waals surface area contributed by atoms with Gasteiger partial charge in [0.15, 0.2) is 36.6 Å². The van der Waals surface area contributed by atoms with Crippen molar-refractivity contribution in [1.29, 1.82) is 0 Å². The zero-order chi connectivity index (χ0) is 33.3. The zero-order valence-corrected chi connectivity index (χ0v) is 25.1. The third-order valence-electron chi connectivity index (χ3n) is 5.89. The van der Waals surface area contributed by atoms with E-state index < -0.39 is 116 Å². The highest BCUT2D eigenvalue weighted by atomic mass is 16.8. The molecule has 2 rings (SSSR count). The number of aliphatic hydroxyl groups excluding tert-OH is 1. The minimum absolute atomic E-state index is 0.569. The quantitative estimate of drug-likeness (QED) is 0.203. The summed E-state index contributed by atoms with van der Waals surface area (Å²) < 4.78 is 54.5. The van der Waals surface area contributed by atoms with Crippen molar-refractivity contribution in [3.8, 4) is 0 Å². The van der Waals surface area contributed by atoms with E-state index in [0.29, 0.717) is 0 Å². The SMILES string of the molecule is CC(=O)OCC1O[C@H](O[C@H]2OC(CO)[C@@H](OC(C)=O)C(OC(C)=O)C2OC(C)=O)C(OC(C)=O)C(OC(C)=O)[C@@H]1OC(C)=O. The Hall–Kier alpha value is -3.87. The maximum absolute atomic E-state index is 12.1. The molecule has 0 aromatic heterocycles. The van der Waals surface area contributed by atoms with Crippen LogP contribution in [0, 0.1) is 0 Å². The second-order valence-corrected chi connectivity index (χ2v) is 9.65. The Bertz CT molecular complexity index is 1090. The predicted octanol–water partition coefficient (Wildman–Crippen LogP) is -1.40. The van der Waals surface area contributed by atoms with Gasteiger partial charge in [-0.2, -0.15) is 0 Å². The molecule has 0 amide bonds. The van der Waals surface area contributed by atoms with Gasteiger partial charge in [0.1, 0.15) is 18.8 Å². The Balaban J connectivity index is 2.63. The number of carbonyl (C=O) groups is 7. The molecule has 248 valence electrons. The van der Waals surface area contributed by atoms with Crippen LogP contribution in [0.5, 0.6) is 0 Å². The van der Waals surface area contributed by atoms with Crippen LogP contribution in [0.3, 0.4) is 0 Å². The molecule has 2 saturated heterocycles. The van der Waals surface area contributed by atoms with Crippen LogP contribution in [0.4, 0.5) is 0 Å². The molecule has 0 saturated carbocycles. The van der Waals surface area contributed by atoms with Crippen molar-refractivity contribution in [1.82, 2.24) is 0 Å². The van der Waals surface area contributed by atoms with Crippen molar-refractivity contribution >= 4 is 41.8 Å². The molecule has 18 nitrogen and oxygen atoms in total. The van der Waals surface area contributed by atoms with Crippen molar-refractivity contribution in [2.24, 2.45) is 0 Å². The van der Waals surface area contributed by atoms with Crippen LogP contribution >= 0.6 is 0 Å². The van der Waals surface area contributed by atoms with Gasteiger partial charge in [0.05, 0.1) is 6.61 Å². The molecule has 2 fully saturated rings. The summed E-state index contributed by atoms with van der Waals surface area (Å²) in [4.78, 5) is 83.8. The monoisotopic (exact) mass is 636 g/mol. The molecular formula is C26H36O18. The molecule has 0 aromatic carbocycles. The third kappa shape index (κ3) is 10.4. The van der Waals surface area contributed by atoms with Crippen LogP contribution in [0.25, 0.3) is 0 Å². The number of aliphatic hydroxyl groups is 1. The van der Waals surface area contributed by atoms with Crippen molar-refractivity contribution < 1.29 is 86.0 Å². The highest BCUT2D eigenvalue weighted by Crippen LogP contribution is 2.35. The number of ether oxygens (including phenoxy) is 10. The van der Waals surface area contributed by atoms with Gasteiger partial charge in [-0.1, -0.05) is 0 Å². The lowest BCUT2D eigenvalue weighted by molar-refractivity contribution is -0.377. The standard InChI is InChI=1S/C26H36O18/c1-10(28)35-9-18-20(37-12(3)30)22(39-14(5)32)24(41-16(7)34)26(43-18)44-25-23(40-15(6)33)21(38-13(4)31)19(36-11(2)29)17(8-27)42-25/h17-27H,8-9H2,1-7H3/t17?,18?,19-,20-,21?,22?,23?,24?,25-,26-/m1/s1. The summed E-state index contributed by atoms with van der Waals surface area (Å²) in [5.41, 5.74) is 0. The summed E-state index contributed by atoms with van der Waals surface area (Å²) in [6.45, 7) is 5.85. The van der Waals surface area contributed by atoms with Crippen LogP contribution in [0.15, 0.2) is 0 Å². The molecule has 44 heavy (non-hydrogen) atoms. The first-order valence-electron chi connectivity index (χ1n) is 13.3. The van der Waals surface area contributed by atoms with Crippen molar-refractivity contribution in [2.45, 2.75) is 110 Å². The number of hydrogen-bond donors (Lipinski definition) is 1. The van der Waals surface area contributed by atoms with Crippen LogP contribution in [0.1, 0.15) is 48.5 Å². The Kier molecular flexibility index (Phi) is 13.4. The number of esters is 7. The minimum atomic E-state index is -1.80. The molecule has 0 aromatic rings. The molecule has 18 heteroatoms. The summed E-state index contributed by atoms with van der Waals surface area (Å²) >= 11 is 0. The number of hydrogen-bond acceptors (Lipinski definition) is 18. The van der Waals surface area contributed by atoms with Gasteiger partial charge in [-0.25, -0.2) is 0 Å². The molecule has 2 aliphatic heterocycles. The molecule has 0 radical (unpaired) electrons. The van der Waals surface area contributed by atoms with Crippen LogP contribution in [0.2, 0.25) is 0 Å². The predicted molar refractivity (Wildman–Crippen MR) is 135 cm³/mol. The van der Waals surface area contributed by atoms with Crippen LogP contribution in [-0.4, -0.2) is 122 Å². The molecule has 2 aliphatic rings. The van der Waals surface area contributed by atoms with E-state index in [0.717, 1.165) is 48.5 Å². The van der Waals surface area contributed by atoms with Crippen molar-refractivity contribution in [3.63, 3.8) is 0 Å². The Morgan fingerprint density at radius 2 is 0.795 bits per heavy atom. The second kappa shape index (κ2) is 16.3. The Labute approximate surface area is 251 Å². The molecule has 0 bridgehead atoms. The van der Waals surface area contributed by atoms with Gasteiger partial charge in [0.2, 0.25) is 12.6 Å². The van der Waals surface area contributed by atoms with Crippen LogP contribution in [-0.2, 0) is 80.9 Å². The van der Waals surface area contributed by atoms with E-state index in [-0.39, 0.29) is 0 Å². The first-order chi connectivity index (χ1) is 20.5. The highest BCUT2D eigenvalue weighted by molar-refractivity contribution is 5.69. The fourth-order valence-electron chi connectivity index (χ4n) is 4.54. The first-order valence-corrected chi connectivity index (χ1v) is 13.3. The van der Waals surface area contributed by atoms with Gasteiger partial charge in [0, 0.05) is 48.5 Å². The lowest BCUT2D eigenvalue weighted by atomic mass is 9.97. The lowest BCUT2D eigenvalue weighted by Gasteiger charge is -2.48. The van der Waals surface area contributed by atoms with Gasteiger partial charge < -0.3 is 52.5 Å². The summed E-state index contributed by atoms with van der Waals surface area (Å²) in [7, 11) is 0. The maximum atomic E-state index is 12.1. The normalized spacial score (nSPS) is 31.5. The van der Waals surface area contributed by atoms with E-state index in [1.54, 1.807) is 0 Å². The fraction of sp³-hybridized carbons (Fsp3) is 0.731. The molecule has 0 aliphatic carbocycles. The topological polar surface area (TPSA) is 232 Å². The third-order valence-corrected chi connectivity index (χ3v) is 5.89. The summed E-state index contributed by atoms with van der Waals surface area (Å²) in [6.07, 6.45) is -16.0. The molecule has 1 N–H and O–H groups in total. The average molecular weight is 637 g/mol. The highest BCUT2D eigenvalue weighted by Gasteiger charge is 2.57. The summed E-state index contributed by atoms with van der Waals surface area (Å²) in [6, 6.07) is 0. The van der Waals surface area contributed by atoms with Gasteiger partial charge in [-0.3, -0.25) is 33.6 Å². The first kappa shape index (κ1) is 36.3. The smallest absolute Gasteiger partial charge is 0.303 e. The zero-order valence-electron chi connectivity index (χ0n) is 25.1. The Morgan fingerprint density at radius 3 is 1.14 bits per heavy atom. The van der Waals surface area contributed by atoms with Crippen LogP contribution < -0.4 is 0 Å². The molecule has 10 atom stereocenters. The van der Waals surface area contributed by atoms with Gasteiger partial charge in [-0.15, -0.1) is 0 Å². The van der Waals surface area contributed by atoms with Crippen molar-refractivity contribution in [3.05, 3.63) is 0 Å². The molecule has 6 unspecified atom stereocenters. The fourth-order valence-corrected chi connectivity index (χ4v) is 4.54. The molecule has 2 heterocycles. The second-order valence-electron chi connectivity index (χ2n) is 9.65. The van der Waals surface area contributed by atoms with E-state index in [1.165, 1.54) is 0 Å². The van der Waals surface area contributed by atoms with E-state index in [2.05, 4.69) is 0 Å². The average Bonchev–Trinajstić information content (AvgIpc) is 2.87. The van der Waals surface area contributed by atoms with Gasteiger partial charge in [-0.05, 0) is 0 Å². The number of rotatable bonds is 11. The molecular weight excluding hydrogens is 600 g/mol. The lowest BCUT2D eigenvalue weighted by Crippen LogP contribution is -2.66. The number of carbonyl (C=O) groups excluding carboxylic acids is 7. The largest absolute Gasteiger partial charge is 0.463 e. The van der Waals surface area contributed by atoms with E-state index in [9.17, 15) is 38.7 Å². The maximum Gasteiger partial charge on any atom is 0.303 e. The van der Waals surface area contributed by atoms with Gasteiger partial charge >= 0.3 is 41.8 Å². The minimum Gasteiger partial charge on any atom is -0.463 e.